The van der Waals surface area contributed by atoms with Crippen LogP contribution >= 0.6 is 69.6 Å². The van der Waals surface area contributed by atoms with Crippen molar-refractivity contribution in [3.8, 4) is 0 Å². The Kier molecular flexibility index (Phi) is 16.2. The van der Waals surface area contributed by atoms with Crippen LogP contribution in [0.2, 0.25) is 0 Å². The van der Waals surface area contributed by atoms with Crippen molar-refractivity contribution in [3.63, 3.8) is 0 Å². The smallest absolute Gasteiger partial charge is 0.328 e. The maximum atomic E-state index is 13.0. The molecule has 0 saturated carbocycles. The monoisotopic (exact) mass is 757 g/mol. The molecule has 2 N–H and O–H groups in total. The van der Waals surface area contributed by atoms with Gasteiger partial charge in [-0.25, -0.2) is 4.79 Å². The molecule has 10 nitrogen and oxygen atoms in total. The number of benzene rings is 2. The van der Waals surface area contributed by atoms with Gasteiger partial charge in [0.15, 0.2) is 0 Å². The van der Waals surface area contributed by atoms with Crippen molar-refractivity contribution in [2.45, 2.75) is 53.2 Å². The number of para-hydroxylation sites is 1. The lowest BCUT2D eigenvalue weighted by Crippen LogP contribution is -2.63. The molecule has 254 valence electrons. The molecule has 0 aromatic heterocycles. The summed E-state index contributed by atoms with van der Waals surface area (Å²) in [6.45, 7) is 7.34. The number of carbonyl (C=O) groups is 4. The Balaban J connectivity index is 0.000000322. The number of amides is 3. The number of alkyl halides is 6. The van der Waals surface area contributed by atoms with Crippen molar-refractivity contribution >= 4 is 100.0 Å². The molecule has 3 unspecified atom stereocenters. The van der Waals surface area contributed by atoms with E-state index in [9.17, 15) is 19.2 Å². The number of rotatable bonds is 11. The third-order valence-electron chi connectivity index (χ3n) is 7.23. The van der Waals surface area contributed by atoms with Crippen LogP contribution in [0.15, 0.2) is 48.5 Å². The first-order chi connectivity index (χ1) is 21.6. The number of nitrogens with one attached hydrogen (secondary N) is 2. The number of ether oxygens (including phenoxy) is 1. The van der Waals surface area contributed by atoms with E-state index in [1.54, 1.807) is 21.6 Å². The predicted molar refractivity (Wildman–Crippen MR) is 185 cm³/mol. The van der Waals surface area contributed by atoms with Gasteiger partial charge in [-0.05, 0) is 37.5 Å². The number of halogens is 6. The Morgan fingerprint density at radius 3 is 1.63 bits per heavy atom. The number of methoxy groups -OCH3 is 1. The molecule has 46 heavy (non-hydrogen) atoms. The van der Waals surface area contributed by atoms with Crippen LogP contribution < -0.4 is 15.5 Å². The van der Waals surface area contributed by atoms with Gasteiger partial charge >= 0.3 is 5.97 Å². The van der Waals surface area contributed by atoms with Gasteiger partial charge < -0.3 is 15.4 Å². The van der Waals surface area contributed by atoms with E-state index in [1.165, 1.54) is 7.11 Å². The van der Waals surface area contributed by atoms with E-state index in [2.05, 4.69) is 10.6 Å². The van der Waals surface area contributed by atoms with E-state index in [0.29, 0.717) is 39.0 Å². The van der Waals surface area contributed by atoms with Gasteiger partial charge in [0.1, 0.15) is 18.4 Å². The quantitative estimate of drug-likeness (QED) is 0.190. The van der Waals surface area contributed by atoms with Gasteiger partial charge in [-0.15, -0.1) is 0 Å². The molecule has 3 rings (SSSR count). The Morgan fingerprint density at radius 2 is 1.26 bits per heavy atom. The lowest BCUT2D eigenvalue weighted by Gasteiger charge is -2.44. The number of piperazine rings is 1. The number of esters is 1. The number of aryl methyl sites for hydroxylation is 2. The Bertz CT molecular complexity index is 1250. The fraction of sp³-hybridized carbons (Fsp3) is 0.467. The normalized spacial score (nSPS) is 16.1. The van der Waals surface area contributed by atoms with Crippen LogP contribution in [0.1, 0.15) is 23.6 Å². The molecule has 0 radical (unpaired) electrons. The molecule has 2 aromatic carbocycles. The van der Waals surface area contributed by atoms with Gasteiger partial charge in [0.25, 0.3) is 0 Å². The number of anilines is 1. The minimum Gasteiger partial charge on any atom is -0.467 e. The number of nitrogens with zero attached hydrogens (tertiary/aromatic N) is 3. The molecule has 1 aliphatic heterocycles. The van der Waals surface area contributed by atoms with Crippen molar-refractivity contribution in [3.05, 3.63) is 65.2 Å². The SMILES string of the molecule is COC(=O)C(C)N(C(=O)Cc1ccccc1)c1c(C)cccc1C.O=CNC(N1CCN(C(NC=O)C(Cl)(Cl)Cl)CC1)C(Cl)(Cl)Cl. The van der Waals surface area contributed by atoms with Gasteiger partial charge in [0.05, 0.1) is 19.2 Å². The highest BCUT2D eigenvalue weighted by atomic mass is 35.6. The van der Waals surface area contributed by atoms with Gasteiger partial charge in [-0.3, -0.25) is 29.1 Å². The Morgan fingerprint density at radius 1 is 0.826 bits per heavy atom. The molecule has 0 aliphatic carbocycles. The molecule has 1 saturated heterocycles. The lowest BCUT2D eigenvalue weighted by atomic mass is 10.0. The highest BCUT2D eigenvalue weighted by Crippen LogP contribution is 2.35. The first-order valence-electron chi connectivity index (χ1n) is 14.1. The molecule has 3 atom stereocenters. The van der Waals surface area contributed by atoms with Crippen molar-refractivity contribution in [2.24, 2.45) is 0 Å². The maximum absolute atomic E-state index is 13.0. The van der Waals surface area contributed by atoms with Crippen LogP contribution in [0.5, 0.6) is 0 Å². The average Bonchev–Trinajstić information content (AvgIpc) is 2.99. The number of carbonyl (C=O) groups excluding carboxylic acids is 4. The first kappa shape index (κ1) is 40.2. The van der Waals surface area contributed by atoms with Gasteiger partial charge in [-0.2, -0.15) is 0 Å². The summed E-state index contributed by atoms with van der Waals surface area (Å²) in [6, 6.07) is 14.7. The standard InChI is InChI=1S/C20H23NO3.C10H14Cl6N4O2/c1-14-9-8-10-15(2)19(14)21(16(3)20(23)24-4)18(22)13-17-11-6-5-7-12-17;11-9(12,13)7(17-5-21)19-1-2-20(4-3-19)8(18-6-22)10(14,15)16/h5-12,16H,13H2,1-4H3;5-8H,1-4H2,(H,17,21)(H,18,22). The van der Waals surface area contributed by atoms with Crippen molar-refractivity contribution in [2.75, 3.05) is 38.2 Å². The van der Waals surface area contributed by atoms with Crippen LogP contribution in [0, 0.1) is 13.8 Å². The van der Waals surface area contributed by atoms with Gasteiger partial charge in [0, 0.05) is 26.2 Å². The topological polar surface area (TPSA) is 111 Å². The minimum atomic E-state index is -1.68. The van der Waals surface area contributed by atoms with E-state index in [0.717, 1.165) is 22.4 Å². The van der Waals surface area contributed by atoms with Crippen LogP contribution in [0.3, 0.4) is 0 Å². The third-order valence-corrected chi connectivity index (χ3v) is 8.47. The van der Waals surface area contributed by atoms with E-state index < -0.39 is 31.9 Å². The molecule has 0 bridgehead atoms. The molecule has 0 spiro atoms. The second-order valence-corrected chi connectivity index (χ2v) is 15.1. The molecular formula is C30H37Cl6N5O5. The maximum Gasteiger partial charge on any atom is 0.328 e. The summed E-state index contributed by atoms with van der Waals surface area (Å²) < 4.78 is 1.50. The molecule has 2 aromatic rings. The van der Waals surface area contributed by atoms with Gasteiger partial charge in [0.2, 0.25) is 26.3 Å². The predicted octanol–water partition coefficient (Wildman–Crippen LogP) is 4.93. The lowest BCUT2D eigenvalue weighted by molar-refractivity contribution is -0.143. The summed E-state index contributed by atoms with van der Waals surface area (Å²) in [5.74, 6) is -0.560. The minimum absolute atomic E-state index is 0.128. The fourth-order valence-electron chi connectivity index (χ4n) is 5.05. The second-order valence-electron chi connectivity index (χ2n) is 10.4. The summed E-state index contributed by atoms with van der Waals surface area (Å²) in [4.78, 5) is 51.6. The fourth-order valence-corrected chi connectivity index (χ4v) is 6.25. The molecule has 1 fully saturated rings. The average molecular weight is 760 g/mol. The zero-order valence-corrected chi connectivity index (χ0v) is 30.2. The van der Waals surface area contributed by atoms with Crippen LogP contribution in [0.4, 0.5) is 5.69 Å². The molecule has 1 aliphatic rings. The Hall–Kier alpha value is -2.02. The first-order valence-corrected chi connectivity index (χ1v) is 16.3. The van der Waals surface area contributed by atoms with E-state index in [-0.39, 0.29) is 12.3 Å². The van der Waals surface area contributed by atoms with Crippen molar-refractivity contribution in [1.29, 1.82) is 0 Å². The molecule has 1 heterocycles. The van der Waals surface area contributed by atoms with Crippen LogP contribution in [-0.4, -0.2) is 93.7 Å². The van der Waals surface area contributed by atoms with Crippen molar-refractivity contribution in [1.82, 2.24) is 20.4 Å². The summed E-state index contributed by atoms with van der Waals surface area (Å²) in [5, 5.41) is 4.95. The summed E-state index contributed by atoms with van der Waals surface area (Å²) >= 11 is 35.2. The van der Waals surface area contributed by atoms with E-state index >= 15 is 0 Å². The molecular weight excluding hydrogens is 723 g/mol. The van der Waals surface area contributed by atoms with Crippen LogP contribution in [0.25, 0.3) is 0 Å². The molecule has 3 amide bonds. The summed E-state index contributed by atoms with van der Waals surface area (Å²) in [7, 11) is 1.34. The number of hydrogen-bond donors (Lipinski definition) is 2. The second kappa shape index (κ2) is 18.5. The van der Waals surface area contributed by atoms with Crippen LogP contribution in [-0.2, 0) is 30.3 Å². The van der Waals surface area contributed by atoms with Gasteiger partial charge in [-0.1, -0.05) is 118 Å². The van der Waals surface area contributed by atoms with E-state index in [4.69, 9.17) is 74.3 Å². The molecule has 16 heteroatoms. The highest BCUT2D eigenvalue weighted by Gasteiger charge is 2.42. The highest BCUT2D eigenvalue weighted by molar-refractivity contribution is 6.68. The Labute approximate surface area is 299 Å². The summed E-state index contributed by atoms with van der Waals surface area (Å²) in [6.07, 6.45) is -0.381. The zero-order chi connectivity index (χ0) is 34.7. The third kappa shape index (κ3) is 11.6. The number of hydrogen-bond acceptors (Lipinski definition) is 7. The summed E-state index contributed by atoms with van der Waals surface area (Å²) in [5.41, 5.74) is 3.59. The zero-order valence-electron chi connectivity index (χ0n) is 25.7. The van der Waals surface area contributed by atoms with E-state index in [1.807, 2.05) is 62.4 Å². The van der Waals surface area contributed by atoms with Crippen molar-refractivity contribution < 1.29 is 23.9 Å². The largest absolute Gasteiger partial charge is 0.467 e.